The van der Waals surface area contributed by atoms with E-state index in [1.54, 1.807) is 0 Å². The molecule has 1 aliphatic carbocycles. The zero-order valence-corrected chi connectivity index (χ0v) is 9.39. The highest BCUT2D eigenvalue weighted by molar-refractivity contribution is 4.91. The lowest BCUT2D eigenvalue weighted by Gasteiger charge is -2.33. The topological polar surface area (TPSA) is 15.3 Å². The van der Waals surface area contributed by atoms with Crippen LogP contribution < -0.4 is 5.32 Å². The van der Waals surface area contributed by atoms with Crippen molar-refractivity contribution < 1.29 is 13.2 Å². The molecule has 1 atom stereocenters. The summed E-state index contributed by atoms with van der Waals surface area (Å²) in [4.78, 5) is 2.17. The molecule has 0 aromatic heterocycles. The number of alkyl halides is 3. The fourth-order valence-corrected chi connectivity index (χ4v) is 2.36. The molecule has 2 rings (SSSR count). The third-order valence-electron chi connectivity index (χ3n) is 3.42. The van der Waals surface area contributed by atoms with Gasteiger partial charge in [-0.25, -0.2) is 0 Å². The maximum atomic E-state index is 12.0. The Morgan fingerprint density at radius 2 is 2.00 bits per heavy atom. The van der Waals surface area contributed by atoms with E-state index in [2.05, 4.69) is 10.2 Å². The van der Waals surface area contributed by atoms with Gasteiger partial charge in [-0.3, -0.25) is 0 Å². The molecular weight excluding hydrogens is 217 g/mol. The average molecular weight is 236 g/mol. The third-order valence-corrected chi connectivity index (χ3v) is 3.42. The summed E-state index contributed by atoms with van der Waals surface area (Å²) >= 11 is 0. The zero-order valence-electron chi connectivity index (χ0n) is 9.39. The summed E-state index contributed by atoms with van der Waals surface area (Å²) in [6, 6.07) is 0.527. The summed E-state index contributed by atoms with van der Waals surface area (Å²) in [5, 5.41) is 3.45. The predicted molar refractivity (Wildman–Crippen MR) is 56.2 cm³/mol. The van der Waals surface area contributed by atoms with Crippen molar-refractivity contribution in [2.45, 2.75) is 37.9 Å². The molecule has 0 bridgehead atoms. The van der Waals surface area contributed by atoms with Crippen LogP contribution in [0.1, 0.15) is 25.7 Å². The molecule has 1 heterocycles. The molecule has 0 aromatic rings. The van der Waals surface area contributed by atoms with Crippen LogP contribution in [0.15, 0.2) is 0 Å². The second-order valence-corrected chi connectivity index (χ2v) is 4.92. The van der Waals surface area contributed by atoms with E-state index in [4.69, 9.17) is 0 Å². The second-order valence-electron chi connectivity index (χ2n) is 4.92. The average Bonchev–Trinajstić information content (AvgIpc) is 2.99. The Kier molecular flexibility index (Phi) is 3.74. The van der Waals surface area contributed by atoms with Crippen LogP contribution in [0.4, 0.5) is 13.2 Å². The highest BCUT2D eigenvalue weighted by Crippen LogP contribution is 2.33. The molecule has 0 radical (unpaired) electrons. The quantitative estimate of drug-likeness (QED) is 0.803. The van der Waals surface area contributed by atoms with Gasteiger partial charge in [0.1, 0.15) is 0 Å². The number of nitrogens with zero attached hydrogens (tertiary/aromatic N) is 1. The molecule has 94 valence electrons. The molecule has 1 aliphatic heterocycles. The van der Waals surface area contributed by atoms with Crippen LogP contribution >= 0.6 is 0 Å². The van der Waals surface area contributed by atoms with Gasteiger partial charge < -0.3 is 10.2 Å². The van der Waals surface area contributed by atoms with E-state index < -0.39 is 12.6 Å². The van der Waals surface area contributed by atoms with Crippen LogP contribution in [-0.4, -0.2) is 43.3 Å². The van der Waals surface area contributed by atoms with Gasteiger partial charge in [0.25, 0.3) is 0 Å². The molecule has 2 nitrogen and oxygen atoms in total. The van der Waals surface area contributed by atoms with E-state index in [0.717, 1.165) is 25.6 Å². The van der Waals surface area contributed by atoms with E-state index in [0.29, 0.717) is 12.6 Å². The highest BCUT2D eigenvalue weighted by atomic mass is 19.4. The predicted octanol–water partition coefficient (Wildman–Crippen LogP) is 2.01. The maximum absolute atomic E-state index is 12.0. The van der Waals surface area contributed by atoms with Crippen molar-refractivity contribution in [1.82, 2.24) is 10.2 Å². The van der Waals surface area contributed by atoms with Gasteiger partial charge in [-0.05, 0) is 31.7 Å². The summed E-state index contributed by atoms with van der Waals surface area (Å²) in [5.41, 5.74) is 0. The van der Waals surface area contributed by atoms with Crippen molar-refractivity contribution in [1.29, 1.82) is 0 Å². The molecule has 1 saturated carbocycles. The van der Waals surface area contributed by atoms with Crippen LogP contribution in [0.2, 0.25) is 0 Å². The standard InChI is InChI=1S/C11H19F3N2/c12-11(13,14)4-1-6-16-7-5-15-10(8-16)9-2-3-9/h9-10,15H,1-8H2. The number of nitrogens with one attached hydrogen (secondary N) is 1. The molecule has 16 heavy (non-hydrogen) atoms. The van der Waals surface area contributed by atoms with Gasteiger partial charge in [0, 0.05) is 32.1 Å². The number of piperazine rings is 1. The second kappa shape index (κ2) is 4.92. The van der Waals surface area contributed by atoms with Crippen LogP contribution in [0.25, 0.3) is 0 Å². The van der Waals surface area contributed by atoms with Crippen molar-refractivity contribution in [2.75, 3.05) is 26.2 Å². The van der Waals surface area contributed by atoms with Gasteiger partial charge in [0.05, 0.1) is 0 Å². The molecule has 1 N–H and O–H groups in total. The van der Waals surface area contributed by atoms with Crippen LogP contribution in [-0.2, 0) is 0 Å². The minimum absolute atomic E-state index is 0.237. The summed E-state index contributed by atoms with van der Waals surface area (Å²) < 4.78 is 36.0. The summed E-state index contributed by atoms with van der Waals surface area (Å²) in [7, 11) is 0. The Labute approximate surface area is 94.2 Å². The minimum Gasteiger partial charge on any atom is -0.311 e. The van der Waals surface area contributed by atoms with Crippen LogP contribution in [0, 0.1) is 5.92 Å². The molecule has 1 unspecified atom stereocenters. The van der Waals surface area contributed by atoms with Gasteiger partial charge in [-0.2, -0.15) is 13.2 Å². The number of hydrogen-bond donors (Lipinski definition) is 1. The number of halogens is 3. The molecule has 5 heteroatoms. The van der Waals surface area contributed by atoms with E-state index in [9.17, 15) is 13.2 Å². The van der Waals surface area contributed by atoms with E-state index in [1.807, 2.05) is 0 Å². The van der Waals surface area contributed by atoms with Crippen LogP contribution in [0.3, 0.4) is 0 Å². The number of rotatable bonds is 4. The summed E-state index contributed by atoms with van der Waals surface area (Å²) in [5.74, 6) is 0.783. The fourth-order valence-electron chi connectivity index (χ4n) is 2.36. The maximum Gasteiger partial charge on any atom is 0.389 e. The fraction of sp³-hybridized carbons (Fsp3) is 1.00. The lowest BCUT2D eigenvalue weighted by Crippen LogP contribution is -2.51. The molecule has 0 amide bonds. The first-order valence-electron chi connectivity index (χ1n) is 6.07. The summed E-state index contributed by atoms with van der Waals surface area (Å²) in [6.07, 6.45) is -1.84. The van der Waals surface area contributed by atoms with Crippen molar-refractivity contribution >= 4 is 0 Å². The lowest BCUT2D eigenvalue weighted by atomic mass is 10.1. The molecule has 1 saturated heterocycles. The van der Waals surface area contributed by atoms with Gasteiger partial charge in [0.2, 0.25) is 0 Å². The van der Waals surface area contributed by atoms with E-state index in [1.165, 1.54) is 12.8 Å². The van der Waals surface area contributed by atoms with Gasteiger partial charge in [-0.1, -0.05) is 0 Å². The van der Waals surface area contributed by atoms with Crippen molar-refractivity contribution in [3.8, 4) is 0 Å². The minimum atomic E-state index is -4.00. The third kappa shape index (κ3) is 3.94. The first kappa shape index (κ1) is 12.2. The Hall–Kier alpha value is -0.290. The summed E-state index contributed by atoms with van der Waals surface area (Å²) in [6.45, 7) is 3.33. The highest BCUT2D eigenvalue weighted by Gasteiger charge is 2.34. The van der Waals surface area contributed by atoms with Gasteiger partial charge in [-0.15, -0.1) is 0 Å². The molecule has 2 fully saturated rings. The van der Waals surface area contributed by atoms with Crippen molar-refractivity contribution in [2.24, 2.45) is 5.92 Å². The SMILES string of the molecule is FC(F)(F)CCCN1CCNC(C2CC2)C1. The molecular formula is C11H19F3N2. The van der Waals surface area contributed by atoms with Gasteiger partial charge in [0.15, 0.2) is 0 Å². The Morgan fingerprint density at radius 1 is 1.25 bits per heavy atom. The molecule has 0 aromatic carbocycles. The van der Waals surface area contributed by atoms with Crippen LogP contribution in [0.5, 0.6) is 0 Å². The smallest absolute Gasteiger partial charge is 0.311 e. The Morgan fingerprint density at radius 3 is 2.62 bits per heavy atom. The first-order valence-corrected chi connectivity index (χ1v) is 6.07. The Bertz CT molecular complexity index is 226. The van der Waals surface area contributed by atoms with E-state index in [-0.39, 0.29) is 6.42 Å². The Balaban J connectivity index is 1.65. The normalized spacial score (nSPS) is 28.3. The van der Waals surface area contributed by atoms with Crippen molar-refractivity contribution in [3.05, 3.63) is 0 Å². The number of hydrogen-bond acceptors (Lipinski definition) is 2. The molecule has 0 spiro atoms. The zero-order chi connectivity index (χ0) is 11.6. The monoisotopic (exact) mass is 236 g/mol. The van der Waals surface area contributed by atoms with E-state index >= 15 is 0 Å². The first-order chi connectivity index (χ1) is 7.54. The van der Waals surface area contributed by atoms with Gasteiger partial charge >= 0.3 is 6.18 Å². The molecule has 2 aliphatic rings. The largest absolute Gasteiger partial charge is 0.389 e. The lowest BCUT2D eigenvalue weighted by molar-refractivity contribution is -0.136. The van der Waals surface area contributed by atoms with Crippen molar-refractivity contribution in [3.63, 3.8) is 0 Å².